The predicted molar refractivity (Wildman–Crippen MR) is 63.7 cm³/mol. The quantitative estimate of drug-likeness (QED) is 0.763. The summed E-state index contributed by atoms with van der Waals surface area (Å²) in [5, 5.41) is 10.8. The van der Waals surface area contributed by atoms with Gasteiger partial charge in [0.2, 0.25) is 0 Å². The zero-order valence-electron chi connectivity index (χ0n) is 8.81. The van der Waals surface area contributed by atoms with Crippen LogP contribution in [-0.2, 0) is 5.60 Å². The molecule has 0 radical (unpaired) electrons. The Balaban J connectivity index is 2.39. The van der Waals surface area contributed by atoms with Gasteiger partial charge in [-0.1, -0.05) is 13.0 Å². The van der Waals surface area contributed by atoms with E-state index in [0.717, 1.165) is 24.2 Å². The van der Waals surface area contributed by atoms with Gasteiger partial charge in [-0.15, -0.1) is 0 Å². The van der Waals surface area contributed by atoms with Crippen LogP contribution in [0.1, 0.15) is 25.3 Å². The van der Waals surface area contributed by atoms with E-state index in [9.17, 15) is 5.11 Å². The van der Waals surface area contributed by atoms with Crippen LogP contribution in [0, 0.1) is 0 Å². The molecule has 2 heterocycles. The molecule has 0 saturated carbocycles. The molecule has 2 unspecified atom stereocenters. The Morgan fingerprint density at radius 1 is 1.67 bits per heavy atom. The Morgan fingerprint density at radius 3 is 3.13 bits per heavy atom. The fourth-order valence-corrected chi connectivity index (χ4v) is 3.27. The number of hydrogen-bond acceptors (Lipinski definition) is 4. The molecule has 1 aliphatic heterocycles. The summed E-state index contributed by atoms with van der Waals surface area (Å²) in [6.45, 7) is 2.05. The molecule has 1 saturated heterocycles. The highest BCUT2D eigenvalue weighted by atomic mass is 32.2. The minimum Gasteiger partial charge on any atom is -0.384 e. The smallest absolute Gasteiger partial charge is 0.129 e. The number of aliphatic hydroxyl groups is 1. The van der Waals surface area contributed by atoms with Crippen LogP contribution in [0.4, 0.5) is 5.82 Å². The maximum Gasteiger partial charge on any atom is 0.129 e. The molecule has 4 heteroatoms. The number of nitrogens with zero attached hydrogens (tertiary/aromatic N) is 1. The minimum atomic E-state index is -0.804. The van der Waals surface area contributed by atoms with Gasteiger partial charge >= 0.3 is 0 Å². The fraction of sp³-hybridized carbons (Fsp3) is 0.545. The number of pyridine rings is 1. The third-order valence-corrected chi connectivity index (χ3v) is 4.46. The zero-order chi connectivity index (χ0) is 10.9. The van der Waals surface area contributed by atoms with Crippen molar-refractivity contribution in [3.05, 3.63) is 23.9 Å². The molecule has 0 aliphatic carbocycles. The lowest BCUT2D eigenvalue weighted by molar-refractivity contribution is 0.0259. The van der Waals surface area contributed by atoms with Crippen LogP contribution in [0.2, 0.25) is 0 Å². The maximum atomic E-state index is 10.7. The molecule has 2 rings (SSSR count). The summed E-state index contributed by atoms with van der Waals surface area (Å²) in [6, 6.07) is 3.71. The Hall–Kier alpha value is -0.740. The zero-order valence-corrected chi connectivity index (χ0v) is 9.63. The van der Waals surface area contributed by atoms with E-state index >= 15 is 0 Å². The number of hydrogen-bond donors (Lipinski definition) is 2. The first kappa shape index (κ1) is 10.8. The van der Waals surface area contributed by atoms with Gasteiger partial charge in [-0.2, -0.15) is 11.8 Å². The van der Waals surface area contributed by atoms with Gasteiger partial charge in [-0.25, -0.2) is 4.98 Å². The van der Waals surface area contributed by atoms with Crippen LogP contribution in [-0.4, -0.2) is 21.1 Å². The number of aromatic nitrogens is 1. The van der Waals surface area contributed by atoms with Crippen molar-refractivity contribution in [2.45, 2.75) is 30.6 Å². The van der Waals surface area contributed by atoms with E-state index in [4.69, 9.17) is 5.73 Å². The molecule has 1 fully saturated rings. The maximum absolute atomic E-state index is 10.7. The summed E-state index contributed by atoms with van der Waals surface area (Å²) in [5.74, 6) is 1.57. The lowest BCUT2D eigenvalue weighted by atomic mass is 9.86. The van der Waals surface area contributed by atoms with E-state index in [1.54, 1.807) is 18.0 Å². The summed E-state index contributed by atoms with van der Waals surface area (Å²) in [5.41, 5.74) is 5.80. The highest BCUT2D eigenvalue weighted by Gasteiger charge is 2.39. The Kier molecular flexibility index (Phi) is 2.89. The Labute approximate surface area is 94.1 Å². The summed E-state index contributed by atoms with van der Waals surface area (Å²) < 4.78 is 0. The molecule has 15 heavy (non-hydrogen) atoms. The van der Waals surface area contributed by atoms with Crippen molar-refractivity contribution in [2.75, 3.05) is 11.5 Å². The third kappa shape index (κ3) is 1.84. The number of rotatable bonds is 1. The molecule has 82 valence electrons. The average molecular weight is 224 g/mol. The molecule has 2 atom stereocenters. The molecule has 1 aliphatic rings. The molecule has 3 N–H and O–H groups in total. The fourth-order valence-electron chi connectivity index (χ4n) is 2.08. The lowest BCUT2D eigenvalue weighted by Crippen LogP contribution is -2.39. The van der Waals surface area contributed by atoms with Crippen molar-refractivity contribution in [3.63, 3.8) is 0 Å². The second-order valence-electron chi connectivity index (χ2n) is 3.98. The van der Waals surface area contributed by atoms with Gasteiger partial charge in [-0.3, -0.25) is 0 Å². The molecule has 1 aromatic heterocycles. The average Bonchev–Trinajstić information content (AvgIpc) is 2.23. The van der Waals surface area contributed by atoms with Crippen molar-refractivity contribution in [1.29, 1.82) is 0 Å². The van der Waals surface area contributed by atoms with Crippen LogP contribution in [0.5, 0.6) is 0 Å². The summed E-state index contributed by atoms with van der Waals surface area (Å²) in [7, 11) is 0. The van der Waals surface area contributed by atoms with E-state index in [-0.39, 0.29) is 5.25 Å². The largest absolute Gasteiger partial charge is 0.384 e. The third-order valence-electron chi connectivity index (χ3n) is 3.05. The van der Waals surface area contributed by atoms with Crippen LogP contribution in [0.15, 0.2) is 18.3 Å². The number of nitrogens with two attached hydrogens (primary N) is 1. The Bertz CT molecular complexity index is 358. The van der Waals surface area contributed by atoms with Gasteiger partial charge in [-0.05, 0) is 24.7 Å². The highest BCUT2D eigenvalue weighted by Crippen LogP contribution is 2.42. The summed E-state index contributed by atoms with van der Waals surface area (Å²) in [6.07, 6.45) is 3.46. The van der Waals surface area contributed by atoms with E-state index in [0.29, 0.717) is 5.82 Å². The number of anilines is 1. The van der Waals surface area contributed by atoms with Crippen LogP contribution < -0.4 is 5.73 Å². The minimum absolute atomic E-state index is 0.178. The van der Waals surface area contributed by atoms with Gasteiger partial charge in [0.25, 0.3) is 0 Å². The van der Waals surface area contributed by atoms with Crippen LogP contribution in [0.3, 0.4) is 0 Å². The second kappa shape index (κ2) is 4.02. The van der Waals surface area contributed by atoms with E-state index in [2.05, 4.69) is 11.9 Å². The van der Waals surface area contributed by atoms with Gasteiger partial charge in [0.05, 0.1) is 0 Å². The highest BCUT2D eigenvalue weighted by molar-refractivity contribution is 8.00. The van der Waals surface area contributed by atoms with E-state index < -0.39 is 5.60 Å². The van der Waals surface area contributed by atoms with Crippen molar-refractivity contribution >= 4 is 17.6 Å². The van der Waals surface area contributed by atoms with E-state index in [1.165, 1.54) is 0 Å². The molecule has 0 bridgehead atoms. The first-order valence-electron chi connectivity index (χ1n) is 5.19. The second-order valence-corrected chi connectivity index (χ2v) is 5.43. The Morgan fingerprint density at radius 2 is 2.47 bits per heavy atom. The first-order chi connectivity index (χ1) is 7.14. The van der Waals surface area contributed by atoms with Gasteiger partial charge in [0, 0.05) is 17.0 Å². The monoisotopic (exact) mass is 224 g/mol. The summed E-state index contributed by atoms with van der Waals surface area (Å²) >= 11 is 1.80. The topological polar surface area (TPSA) is 59.1 Å². The lowest BCUT2D eigenvalue weighted by Gasteiger charge is -2.38. The van der Waals surface area contributed by atoms with Crippen LogP contribution >= 0.6 is 11.8 Å². The first-order valence-corrected chi connectivity index (χ1v) is 6.24. The van der Waals surface area contributed by atoms with Gasteiger partial charge in [0.15, 0.2) is 0 Å². The number of nitrogen functional groups attached to an aromatic ring is 1. The standard InChI is InChI=1S/C11H16N2OS/c1-8-11(14,5-3-7-15-8)9-4-2-6-13-10(9)12/h2,4,6,8,14H,3,5,7H2,1H3,(H2,12,13). The predicted octanol–water partition coefficient (Wildman–Crippen LogP) is 1.77. The normalized spacial score (nSPS) is 31.5. The van der Waals surface area contributed by atoms with Gasteiger partial charge < -0.3 is 10.8 Å². The molecule has 0 aromatic carbocycles. The molecule has 1 aromatic rings. The molecule has 3 nitrogen and oxygen atoms in total. The molecular weight excluding hydrogens is 208 g/mol. The molecule has 0 amide bonds. The van der Waals surface area contributed by atoms with Crippen molar-refractivity contribution < 1.29 is 5.11 Å². The molecular formula is C11H16N2OS. The van der Waals surface area contributed by atoms with Gasteiger partial charge in [0.1, 0.15) is 11.4 Å². The van der Waals surface area contributed by atoms with Crippen molar-refractivity contribution in [2.24, 2.45) is 0 Å². The summed E-state index contributed by atoms with van der Waals surface area (Å²) in [4.78, 5) is 4.04. The number of thioether (sulfide) groups is 1. The van der Waals surface area contributed by atoms with Crippen molar-refractivity contribution in [3.8, 4) is 0 Å². The molecule has 0 spiro atoms. The van der Waals surface area contributed by atoms with Crippen molar-refractivity contribution in [1.82, 2.24) is 4.98 Å². The van der Waals surface area contributed by atoms with E-state index in [1.807, 2.05) is 12.1 Å². The van der Waals surface area contributed by atoms with Crippen LogP contribution in [0.25, 0.3) is 0 Å². The SMILES string of the molecule is CC1SCCCC1(O)c1cccnc1N.